The van der Waals surface area contributed by atoms with E-state index in [2.05, 4.69) is 0 Å². The molecule has 0 unspecified atom stereocenters. The standard InChI is InChI=1S/C14H11NO2/c1-15-11-7-3-2-5-9(11)13-10(14(16)17)6-4-8-12(13)15/h2-8H,1H3,(H,16,17). The summed E-state index contributed by atoms with van der Waals surface area (Å²) in [4.78, 5) is 11.3. The van der Waals surface area contributed by atoms with Crippen molar-refractivity contribution in [3.8, 4) is 0 Å². The first-order chi connectivity index (χ1) is 8.20. The minimum absolute atomic E-state index is 0.360. The Labute approximate surface area is 97.9 Å². The van der Waals surface area contributed by atoms with Gasteiger partial charge in [-0.05, 0) is 18.2 Å². The highest BCUT2D eigenvalue weighted by Crippen LogP contribution is 2.30. The lowest BCUT2D eigenvalue weighted by atomic mass is 10.1. The molecule has 1 heterocycles. The van der Waals surface area contributed by atoms with Gasteiger partial charge in [0.15, 0.2) is 0 Å². The average molecular weight is 225 g/mol. The normalized spacial score (nSPS) is 11.1. The number of fused-ring (bicyclic) bond motifs is 3. The molecule has 0 amide bonds. The topological polar surface area (TPSA) is 42.2 Å². The molecule has 17 heavy (non-hydrogen) atoms. The van der Waals surface area contributed by atoms with E-state index in [1.165, 1.54) is 0 Å². The Balaban J connectivity index is 2.63. The van der Waals surface area contributed by atoms with E-state index >= 15 is 0 Å². The summed E-state index contributed by atoms with van der Waals surface area (Å²) in [7, 11) is 1.95. The molecule has 0 saturated heterocycles. The van der Waals surface area contributed by atoms with Gasteiger partial charge < -0.3 is 9.67 Å². The van der Waals surface area contributed by atoms with Gasteiger partial charge in [0.1, 0.15) is 0 Å². The Hall–Kier alpha value is -2.29. The zero-order chi connectivity index (χ0) is 12.0. The van der Waals surface area contributed by atoms with Crippen molar-refractivity contribution in [2.45, 2.75) is 0 Å². The number of carboxylic acid groups (broad SMARTS) is 1. The largest absolute Gasteiger partial charge is 0.478 e. The van der Waals surface area contributed by atoms with Gasteiger partial charge in [-0.15, -0.1) is 0 Å². The molecule has 0 aliphatic rings. The molecular weight excluding hydrogens is 214 g/mol. The molecule has 0 radical (unpaired) electrons. The number of benzene rings is 2. The summed E-state index contributed by atoms with van der Waals surface area (Å²) in [5, 5.41) is 11.0. The molecule has 1 N–H and O–H groups in total. The van der Waals surface area contributed by atoms with Crippen LogP contribution in [0, 0.1) is 0 Å². The number of aromatic nitrogens is 1. The van der Waals surface area contributed by atoms with Crippen molar-refractivity contribution in [2.75, 3.05) is 0 Å². The fraction of sp³-hybridized carbons (Fsp3) is 0.0714. The Morgan fingerprint density at radius 2 is 1.76 bits per heavy atom. The molecule has 3 aromatic rings. The monoisotopic (exact) mass is 225 g/mol. The van der Waals surface area contributed by atoms with Crippen LogP contribution in [-0.4, -0.2) is 15.6 Å². The summed E-state index contributed by atoms with van der Waals surface area (Å²) in [5.41, 5.74) is 2.36. The fourth-order valence-electron chi connectivity index (χ4n) is 2.39. The Kier molecular flexibility index (Phi) is 1.95. The molecule has 1 aromatic heterocycles. The van der Waals surface area contributed by atoms with Crippen LogP contribution in [0.15, 0.2) is 42.5 Å². The second kappa shape index (κ2) is 3.35. The number of nitrogens with zero attached hydrogens (tertiary/aromatic N) is 1. The zero-order valence-electron chi connectivity index (χ0n) is 9.34. The fourth-order valence-corrected chi connectivity index (χ4v) is 2.39. The van der Waals surface area contributed by atoms with Crippen molar-refractivity contribution in [1.29, 1.82) is 0 Å². The summed E-state index contributed by atoms with van der Waals surface area (Å²) in [6, 6.07) is 13.2. The maximum absolute atomic E-state index is 11.3. The molecular formula is C14H11NO2. The molecule has 0 spiro atoms. The smallest absolute Gasteiger partial charge is 0.336 e. The van der Waals surface area contributed by atoms with Crippen LogP contribution in [0.5, 0.6) is 0 Å². The molecule has 3 nitrogen and oxygen atoms in total. The van der Waals surface area contributed by atoms with E-state index in [4.69, 9.17) is 0 Å². The molecule has 0 aliphatic heterocycles. The number of hydrogen-bond donors (Lipinski definition) is 1. The third-order valence-electron chi connectivity index (χ3n) is 3.17. The molecule has 2 aromatic carbocycles. The van der Waals surface area contributed by atoms with E-state index in [0.29, 0.717) is 5.56 Å². The van der Waals surface area contributed by atoms with Crippen molar-refractivity contribution in [3.05, 3.63) is 48.0 Å². The lowest BCUT2D eigenvalue weighted by Crippen LogP contribution is -1.96. The highest BCUT2D eigenvalue weighted by atomic mass is 16.4. The van der Waals surface area contributed by atoms with Gasteiger partial charge >= 0.3 is 5.97 Å². The highest BCUT2D eigenvalue weighted by Gasteiger charge is 2.14. The number of hydrogen-bond acceptors (Lipinski definition) is 1. The van der Waals surface area contributed by atoms with Crippen molar-refractivity contribution in [2.24, 2.45) is 7.05 Å². The lowest BCUT2D eigenvalue weighted by Gasteiger charge is -1.99. The van der Waals surface area contributed by atoms with Gasteiger partial charge in [0.25, 0.3) is 0 Å². The van der Waals surface area contributed by atoms with Crippen molar-refractivity contribution in [1.82, 2.24) is 4.57 Å². The Bertz CT molecular complexity index is 740. The molecule has 0 aliphatic carbocycles. The van der Waals surface area contributed by atoms with E-state index in [1.807, 2.05) is 41.9 Å². The first kappa shape index (κ1) is 9.90. The van der Waals surface area contributed by atoms with E-state index in [-0.39, 0.29) is 0 Å². The summed E-state index contributed by atoms with van der Waals surface area (Å²) in [6.07, 6.45) is 0. The Morgan fingerprint density at radius 1 is 1.06 bits per heavy atom. The second-order valence-corrected chi connectivity index (χ2v) is 4.08. The van der Waals surface area contributed by atoms with E-state index < -0.39 is 5.97 Å². The number of carbonyl (C=O) groups is 1. The molecule has 0 fully saturated rings. The van der Waals surface area contributed by atoms with Gasteiger partial charge in [-0.1, -0.05) is 24.3 Å². The summed E-state index contributed by atoms with van der Waals surface area (Å²) < 4.78 is 2.02. The molecule has 84 valence electrons. The maximum atomic E-state index is 11.3. The van der Waals surface area contributed by atoms with Gasteiger partial charge in [-0.25, -0.2) is 4.79 Å². The van der Waals surface area contributed by atoms with Crippen LogP contribution in [-0.2, 0) is 7.05 Å². The van der Waals surface area contributed by atoms with Gasteiger partial charge in [-0.2, -0.15) is 0 Å². The van der Waals surface area contributed by atoms with Crippen molar-refractivity contribution < 1.29 is 9.90 Å². The first-order valence-corrected chi connectivity index (χ1v) is 5.39. The molecule has 0 saturated carbocycles. The molecule has 0 atom stereocenters. The van der Waals surface area contributed by atoms with E-state index in [0.717, 1.165) is 21.8 Å². The number of aryl methyl sites for hydroxylation is 1. The molecule has 3 rings (SSSR count). The average Bonchev–Trinajstić information content (AvgIpc) is 2.64. The third-order valence-corrected chi connectivity index (χ3v) is 3.17. The van der Waals surface area contributed by atoms with Gasteiger partial charge in [0.2, 0.25) is 0 Å². The minimum atomic E-state index is -0.882. The number of rotatable bonds is 1. The van der Waals surface area contributed by atoms with Crippen LogP contribution in [0.4, 0.5) is 0 Å². The van der Waals surface area contributed by atoms with Crippen LogP contribution >= 0.6 is 0 Å². The summed E-state index contributed by atoms with van der Waals surface area (Å²) >= 11 is 0. The number of aromatic carboxylic acids is 1. The summed E-state index contributed by atoms with van der Waals surface area (Å²) in [5.74, 6) is -0.882. The van der Waals surface area contributed by atoms with Crippen LogP contribution < -0.4 is 0 Å². The predicted octanol–water partition coefficient (Wildman–Crippen LogP) is 3.03. The molecule has 3 heteroatoms. The van der Waals surface area contributed by atoms with E-state index in [1.54, 1.807) is 12.1 Å². The Morgan fingerprint density at radius 3 is 2.53 bits per heavy atom. The first-order valence-electron chi connectivity index (χ1n) is 5.39. The zero-order valence-corrected chi connectivity index (χ0v) is 9.34. The number of para-hydroxylation sites is 1. The van der Waals surface area contributed by atoms with Crippen molar-refractivity contribution in [3.63, 3.8) is 0 Å². The highest BCUT2D eigenvalue weighted by molar-refractivity contribution is 6.16. The lowest BCUT2D eigenvalue weighted by molar-refractivity contribution is 0.0699. The third kappa shape index (κ3) is 1.25. The van der Waals surface area contributed by atoms with Crippen LogP contribution in [0.1, 0.15) is 10.4 Å². The SMILES string of the molecule is Cn1c2ccccc2c2c(C(=O)O)cccc21. The maximum Gasteiger partial charge on any atom is 0.336 e. The molecule has 0 bridgehead atoms. The van der Waals surface area contributed by atoms with Crippen LogP contribution in [0.2, 0.25) is 0 Å². The quantitative estimate of drug-likeness (QED) is 0.691. The number of carboxylic acids is 1. The van der Waals surface area contributed by atoms with Crippen LogP contribution in [0.3, 0.4) is 0 Å². The minimum Gasteiger partial charge on any atom is -0.478 e. The predicted molar refractivity (Wildman–Crippen MR) is 67.4 cm³/mol. The van der Waals surface area contributed by atoms with Crippen molar-refractivity contribution >= 4 is 27.8 Å². The van der Waals surface area contributed by atoms with E-state index in [9.17, 15) is 9.90 Å². The van der Waals surface area contributed by atoms with Gasteiger partial charge in [0, 0.05) is 28.9 Å². The second-order valence-electron chi connectivity index (χ2n) is 4.08. The van der Waals surface area contributed by atoms with Gasteiger partial charge in [-0.3, -0.25) is 0 Å². The summed E-state index contributed by atoms with van der Waals surface area (Å²) in [6.45, 7) is 0. The van der Waals surface area contributed by atoms with Crippen LogP contribution in [0.25, 0.3) is 21.8 Å². The van der Waals surface area contributed by atoms with Gasteiger partial charge in [0.05, 0.1) is 5.56 Å².